The highest BCUT2D eigenvalue weighted by Crippen LogP contribution is 2.41. The smallest absolute Gasteiger partial charge is 0.252 e. The van der Waals surface area contributed by atoms with Gasteiger partial charge in [-0.1, -0.05) is 0 Å². The number of aryl methyl sites for hydroxylation is 1. The van der Waals surface area contributed by atoms with Crippen molar-refractivity contribution in [1.29, 1.82) is 0 Å². The summed E-state index contributed by atoms with van der Waals surface area (Å²) < 4.78 is 42.4. The quantitative estimate of drug-likeness (QED) is 0.845. The number of aromatic amines is 1. The zero-order valence-electron chi connectivity index (χ0n) is 12.8. The lowest BCUT2D eigenvalue weighted by Crippen LogP contribution is -2.43. The van der Waals surface area contributed by atoms with Crippen LogP contribution < -0.4 is 10.6 Å². The second-order valence-corrected chi connectivity index (χ2v) is 6.78. The van der Waals surface area contributed by atoms with Crippen molar-refractivity contribution in [3.63, 3.8) is 0 Å². The molecule has 1 saturated heterocycles. The molecule has 124 valence electrons. The van der Waals surface area contributed by atoms with Crippen LogP contribution >= 0.6 is 0 Å². The first-order valence-corrected chi connectivity index (χ1v) is 8.15. The van der Waals surface area contributed by atoms with Crippen molar-refractivity contribution in [3.8, 4) is 0 Å². The first-order valence-electron chi connectivity index (χ1n) is 8.15. The van der Waals surface area contributed by atoms with Crippen LogP contribution in [0.5, 0.6) is 0 Å². The average Bonchev–Trinajstić information content (AvgIpc) is 2.84. The van der Waals surface area contributed by atoms with Crippen LogP contribution in [0.3, 0.4) is 0 Å². The van der Waals surface area contributed by atoms with Gasteiger partial charge in [0, 0.05) is 48.6 Å². The van der Waals surface area contributed by atoms with Crippen molar-refractivity contribution in [1.82, 2.24) is 4.98 Å². The maximum atomic E-state index is 14.6. The summed E-state index contributed by atoms with van der Waals surface area (Å²) in [7, 11) is 0. The van der Waals surface area contributed by atoms with E-state index in [1.165, 1.54) is 6.07 Å². The van der Waals surface area contributed by atoms with Crippen LogP contribution in [-0.4, -0.2) is 30.0 Å². The molecule has 1 fully saturated rings. The monoisotopic (exact) mass is 323 g/mol. The maximum Gasteiger partial charge on any atom is 0.252 e. The van der Waals surface area contributed by atoms with Crippen molar-refractivity contribution in [2.24, 2.45) is 5.73 Å². The fraction of sp³-hybridized carbons (Fsp3) is 0.529. The molecule has 2 heterocycles. The number of anilines is 1. The molecule has 2 aromatic rings. The second kappa shape index (κ2) is 5.16. The Hall–Kier alpha value is -1.69. The molecule has 2 aliphatic rings. The number of H-pyrrole nitrogens is 1. The van der Waals surface area contributed by atoms with Crippen LogP contribution in [0.25, 0.3) is 10.9 Å². The third-order valence-electron chi connectivity index (χ3n) is 5.03. The number of piperidine rings is 1. The van der Waals surface area contributed by atoms with E-state index in [0.29, 0.717) is 36.1 Å². The van der Waals surface area contributed by atoms with E-state index >= 15 is 0 Å². The Labute approximate surface area is 132 Å². The molecule has 3 N–H and O–H groups in total. The van der Waals surface area contributed by atoms with E-state index in [-0.39, 0.29) is 24.7 Å². The Morgan fingerprint density at radius 1 is 1.30 bits per heavy atom. The highest BCUT2D eigenvalue weighted by atomic mass is 19.3. The maximum absolute atomic E-state index is 14.6. The third kappa shape index (κ3) is 2.49. The van der Waals surface area contributed by atoms with Crippen LogP contribution in [0.1, 0.15) is 30.5 Å². The van der Waals surface area contributed by atoms with Gasteiger partial charge in [0.25, 0.3) is 5.92 Å². The van der Waals surface area contributed by atoms with Gasteiger partial charge in [-0.15, -0.1) is 0 Å². The number of hydrogen-bond donors (Lipinski definition) is 2. The lowest BCUT2D eigenvalue weighted by atomic mass is 9.91. The van der Waals surface area contributed by atoms with E-state index in [0.717, 1.165) is 24.1 Å². The molecule has 1 aromatic carbocycles. The van der Waals surface area contributed by atoms with Gasteiger partial charge in [0.1, 0.15) is 5.82 Å². The van der Waals surface area contributed by atoms with Crippen molar-refractivity contribution in [2.75, 3.05) is 18.0 Å². The van der Waals surface area contributed by atoms with Crippen LogP contribution in [0.2, 0.25) is 0 Å². The highest BCUT2D eigenvalue weighted by Gasteiger charge is 2.37. The average molecular weight is 323 g/mol. The van der Waals surface area contributed by atoms with Crippen molar-refractivity contribution >= 4 is 16.6 Å². The number of nitrogens with one attached hydrogen (secondary N) is 1. The van der Waals surface area contributed by atoms with Crippen LogP contribution in [-0.2, 0) is 12.8 Å². The van der Waals surface area contributed by atoms with E-state index in [1.54, 1.807) is 6.07 Å². The SMILES string of the molecule is N[C@H]1CCCN(c2c(F)ccc3[nH]c4c(c23)CC(F)(F)CC4)C1. The summed E-state index contributed by atoms with van der Waals surface area (Å²) in [6.45, 7) is 1.27. The fourth-order valence-corrected chi connectivity index (χ4v) is 3.95. The lowest BCUT2D eigenvalue weighted by Gasteiger charge is -2.33. The lowest BCUT2D eigenvalue weighted by molar-refractivity contribution is -0.0121. The summed E-state index contributed by atoms with van der Waals surface area (Å²) in [5.74, 6) is -3.08. The number of benzene rings is 1. The second-order valence-electron chi connectivity index (χ2n) is 6.78. The molecule has 6 heteroatoms. The molecule has 0 amide bonds. The van der Waals surface area contributed by atoms with Crippen molar-refractivity contribution in [2.45, 2.75) is 44.1 Å². The normalized spacial score (nSPS) is 24.0. The number of nitrogens with zero attached hydrogens (tertiary/aromatic N) is 1. The molecule has 23 heavy (non-hydrogen) atoms. The zero-order chi connectivity index (χ0) is 16.2. The summed E-state index contributed by atoms with van der Waals surface area (Å²) in [6.07, 6.45) is 1.63. The van der Waals surface area contributed by atoms with E-state index in [1.807, 2.05) is 4.90 Å². The van der Waals surface area contributed by atoms with E-state index in [9.17, 15) is 13.2 Å². The minimum absolute atomic E-state index is 0.00499. The summed E-state index contributed by atoms with van der Waals surface area (Å²) in [5.41, 5.74) is 8.59. The molecule has 1 aliphatic heterocycles. The summed E-state index contributed by atoms with van der Waals surface area (Å²) in [4.78, 5) is 5.14. The van der Waals surface area contributed by atoms with Crippen LogP contribution in [0.15, 0.2) is 12.1 Å². The Morgan fingerprint density at radius 3 is 2.91 bits per heavy atom. The first kappa shape index (κ1) is 14.9. The minimum Gasteiger partial charge on any atom is -0.367 e. The van der Waals surface area contributed by atoms with Crippen molar-refractivity contribution < 1.29 is 13.2 Å². The predicted molar refractivity (Wildman–Crippen MR) is 84.7 cm³/mol. The molecule has 0 radical (unpaired) electrons. The summed E-state index contributed by atoms with van der Waals surface area (Å²) in [5, 5.41) is 0.619. The van der Waals surface area contributed by atoms with Gasteiger partial charge in [-0.25, -0.2) is 13.2 Å². The van der Waals surface area contributed by atoms with Gasteiger partial charge in [-0.05, 0) is 37.0 Å². The number of alkyl halides is 2. The molecule has 0 spiro atoms. The van der Waals surface area contributed by atoms with Gasteiger partial charge in [-0.2, -0.15) is 0 Å². The fourth-order valence-electron chi connectivity index (χ4n) is 3.95. The molecule has 1 atom stereocenters. The number of aromatic nitrogens is 1. The van der Waals surface area contributed by atoms with Gasteiger partial charge >= 0.3 is 0 Å². The van der Waals surface area contributed by atoms with Gasteiger partial charge < -0.3 is 15.6 Å². The molecule has 0 unspecified atom stereocenters. The number of rotatable bonds is 1. The predicted octanol–water partition coefficient (Wildman–Crippen LogP) is 3.36. The molecule has 0 saturated carbocycles. The summed E-state index contributed by atoms with van der Waals surface area (Å²) in [6, 6.07) is 3.06. The van der Waals surface area contributed by atoms with Gasteiger partial charge in [0.05, 0.1) is 5.69 Å². The van der Waals surface area contributed by atoms with E-state index in [2.05, 4.69) is 4.98 Å². The highest BCUT2D eigenvalue weighted by molar-refractivity contribution is 5.97. The van der Waals surface area contributed by atoms with Gasteiger partial charge in [-0.3, -0.25) is 0 Å². The molecule has 1 aromatic heterocycles. The summed E-state index contributed by atoms with van der Waals surface area (Å²) >= 11 is 0. The molecule has 1 aliphatic carbocycles. The molecular formula is C17H20F3N3. The third-order valence-corrected chi connectivity index (χ3v) is 5.03. The van der Waals surface area contributed by atoms with Gasteiger partial charge in [0.2, 0.25) is 0 Å². The molecule has 4 rings (SSSR count). The largest absolute Gasteiger partial charge is 0.367 e. The Morgan fingerprint density at radius 2 is 2.13 bits per heavy atom. The number of halogens is 3. The Bertz CT molecular complexity index is 753. The Kier molecular flexibility index (Phi) is 3.34. The first-order chi connectivity index (χ1) is 10.9. The zero-order valence-corrected chi connectivity index (χ0v) is 12.8. The Balaban J connectivity index is 1.89. The van der Waals surface area contributed by atoms with E-state index < -0.39 is 5.92 Å². The number of fused-ring (bicyclic) bond motifs is 3. The molecule has 0 bridgehead atoms. The molecule has 3 nitrogen and oxygen atoms in total. The van der Waals surface area contributed by atoms with Crippen LogP contribution in [0.4, 0.5) is 18.9 Å². The standard InChI is InChI=1S/C17H20F3N3/c18-12-3-4-14-15(16(12)23-7-1-2-10(21)9-23)11-8-17(19,20)6-5-13(11)22-14/h3-4,10,22H,1-2,5-9,21H2/t10-/m0/s1. The van der Waals surface area contributed by atoms with Crippen molar-refractivity contribution in [3.05, 3.63) is 29.2 Å². The number of nitrogens with two attached hydrogens (primary N) is 1. The van der Waals surface area contributed by atoms with E-state index in [4.69, 9.17) is 5.73 Å². The number of hydrogen-bond acceptors (Lipinski definition) is 2. The topological polar surface area (TPSA) is 45.0 Å². The minimum atomic E-state index is -2.72. The molecular weight excluding hydrogens is 303 g/mol. The van der Waals surface area contributed by atoms with Gasteiger partial charge in [0.15, 0.2) is 0 Å². The van der Waals surface area contributed by atoms with Crippen LogP contribution in [0, 0.1) is 5.82 Å².